The quantitative estimate of drug-likeness (QED) is 0.895. The van der Waals surface area contributed by atoms with Crippen molar-refractivity contribution in [1.82, 2.24) is 0 Å². The second kappa shape index (κ2) is 6.41. The molecule has 0 aliphatic carbocycles. The highest BCUT2D eigenvalue weighted by Crippen LogP contribution is 2.31. The van der Waals surface area contributed by atoms with E-state index in [1.807, 2.05) is 0 Å². The number of hydrogen-bond donors (Lipinski definition) is 1. The van der Waals surface area contributed by atoms with Crippen LogP contribution in [0.15, 0.2) is 30.3 Å². The second-order valence-corrected chi connectivity index (χ2v) is 5.52. The van der Waals surface area contributed by atoms with Gasteiger partial charge in [-0.1, -0.05) is 11.6 Å². The molecule has 2 aromatic carbocycles. The SMILES string of the molecule is Cc1cc(Cl)ccc1Oc1c(F)cc(CC(C)N)cc1F. The Balaban J connectivity index is 2.32. The zero-order valence-electron chi connectivity index (χ0n) is 11.8. The van der Waals surface area contributed by atoms with Gasteiger partial charge in [-0.15, -0.1) is 0 Å². The minimum atomic E-state index is -0.750. The number of halogens is 3. The van der Waals surface area contributed by atoms with Crippen LogP contribution in [0.3, 0.4) is 0 Å². The van der Waals surface area contributed by atoms with E-state index in [0.717, 1.165) is 0 Å². The lowest BCUT2D eigenvalue weighted by Gasteiger charge is -2.12. The Morgan fingerprint density at radius 1 is 1.19 bits per heavy atom. The zero-order chi connectivity index (χ0) is 15.6. The Morgan fingerprint density at radius 3 is 2.33 bits per heavy atom. The molecule has 0 aromatic heterocycles. The molecule has 112 valence electrons. The predicted octanol–water partition coefficient (Wildman–Crippen LogP) is 4.61. The van der Waals surface area contributed by atoms with Gasteiger partial charge in [0.2, 0.25) is 0 Å². The van der Waals surface area contributed by atoms with Crippen LogP contribution >= 0.6 is 11.6 Å². The van der Waals surface area contributed by atoms with Crippen LogP contribution in [0.25, 0.3) is 0 Å². The van der Waals surface area contributed by atoms with Gasteiger partial charge < -0.3 is 10.5 Å². The molecule has 0 bridgehead atoms. The first-order chi connectivity index (χ1) is 9.86. The summed E-state index contributed by atoms with van der Waals surface area (Å²) in [6, 6.07) is 7.16. The summed E-state index contributed by atoms with van der Waals surface area (Å²) < 4.78 is 33.4. The van der Waals surface area contributed by atoms with Crippen molar-refractivity contribution in [2.24, 2.45) is 5.73 Å². The van der Waals surface area contributed by atoms with Gasteiger partial charge in [0.1, 0.15) is 5.75 Å². The fourth-order valence-corrected chi connectivity index (χ4v) is 2.26. The summed E-state index contributed by atoms with van der Waals surface area (Å²) in [6.07, 6.45) is 0.397. The molecule has 0 fully saturated rings. The molecule has 0 amide bonds. The van der Waals surface area contributed by atoms with Gasteiger partial charge in [-0.3, -0.25) is 0 Å². The summed E-state index contributed by atoms with van der Waals surface area (Å²) in [5.74, 6) is -1.56. The molecule has 2 nitrogen and oxygen atoms in total. The van der Waals surface area contributed by atoms with Crippen molar-refractivity contribution in [3.8, 4) is 11.5 Å². The number of aryl methyl sites for hydroxylation is 1. The number of hydrogen-bond acceptors (Lipinski definition) is 2. The van der Waals surface area contributed by atoms with E-state index in [1.54, 1.807) is 32.0 Å². The van der Waals surface area contributed by atoms with Crippen LogP contribution in [0.2, 0.25) is 5.02 Å². The average Bonchev–Trinajstić information content (AvgIpc) is 2.35. The lowest BCUT2D eigenvalue weighted by atomic mass is 10.1. The van der Waals surface area contributed by atoms with Crippen LogP contribution in [0, 0.1) is 18.6 Å². The number of benzene rings is 2. The maximum absolute atomic E-state index is 14.0. The highest BCUT2D eigenvalue weighted by atomic mass is 35.5. The molecule has 0 saturated heterocycles. The third-order valence-corrected chi connectivity index (χ3v) is 3.20. The van der Waals surface area contributed by atoms with E-state index in [0.29, 0.717) is 28.3 Å². The van der Waals surface area contributed by atoms with Gasteiger partial charge in [0.05, 0.1) is 0 Å². The van der Waals surface area contributed by atoms with Crippen molar-refractivity contribution >= 4 is 11.6 Å². The molecule has 5 heteroatoms. The third-order valence-electron chi connectivity index (χ3n) is 2.96. The monoisotopic (exact) mass is 311 g/mol. The Bertz CT molecular complexity index is 636. The molecule has 21 heavy (non-hydrogen) atoms. The topological polar surface area (TPSA) is 35.2 Å². The first kappa shape index (κ1) is 15.7. The number of rotatable bonds is 4. The average molecular weight is 312 g/mol. The lowest BCUT2D eigenvalue weighted by Crippen LogP contribution is -2.18. The predicted molar refractivity (Wildman–Crippen MR) is 80.0 cm³/mol. The lowest BCUT2D eigenvalue weighted by molar-refractivity contribution is 0.404. The van der Waals surface area contributed by atoms with Crippen LogP contribution in [0.1, 0.15) is 18.1 Å². The van der Waals surface area contributed by atoms with Crippen LogP contribution in [-0.2, 0) is 6.42 Å². The summed E-state index contributed by atoms with van der Waals surface area (Å²) in [7, 11) is 0. The fraction of sp³-hybridized carbons (Fsp3) is 0.250. The van der Waals surface area contributed by atoms with Crippen LogP contribution in [0.4, 0.5) is 8.78 Å². The Labute approximate surface area is 127 Å². The van der Waals surface area contributed by atoms with E-state index < -0.39 is 17.4 Å². The first-order valence-corrected chi connectivity index (χ1v) is 6.92. The molecule has 0 spiro atoms. The molecule has 0 radical (unpaired) electrons. The molecule has 0 aliphatic heterocycles. The van der Waals surface area contributed by atoms with Gasteiger partial charge in [0.15, 0.2) is 17.4 Å². The summed E-state index contributed by atoms with van der Waals surface area (Å²) in [6.45, 7) is 3.53. The first-order valence-electron chi connectivity index (χ1n) is 6.54. The molecular weight excluding hydrogens is 296 g/mol. The summed E-state index contributed by atoms with van der Waals surface area (Å²) in [5.41, 5.74) is 6.83. The van der Waals surface area contributed by atoms with E-state index in [2.05, 4.69) is 0 Å². The highest BCUT2D eigenvalue weighted by molar-refractivity contribution is 6.30. The molecule has 0 aliphatic rings. The third kappa shape index (κ3) is 3.93. The van der Waals surface area contributed by atoms with Crippen molar-refractivity contribution in [2.75, 3.05) is 0 Å². The normalized spacial score (nSPS) is 12.3. The van der Waals surface area contributed by atoms with E-state index >= 15 is 0 Å². The Hall–Kier alpha value is -1.65. The zero-order valence-corrected chi connectivity index (χ0v) is 12.5. The molecule has 0 saturated carbocycles. The van der Waals surface area contributed by atoms with Crippen LogP contribution < -0.4 is 10.5 Å². The molecule has 2 rings (SSSR count). The standard InChI is InChI=1S/C16H16ClF2NO/c1-9-5-12(17)3-4-15(9)21-16-13(18)7-11(6-10(2)20)8-14(16)19/h3-5,7-8,10H,6,20H2,1-2H3. The maximum atomic E-state index is 14.0. The largest absolute Gasteiger partial charge is 0.451 e. The fourth-order valence-electron chi connectivity index (χ4n) is 2.04. The van der Waals surface area contributed by atoms with Gasteiger partial charge in [-0.05, 0) is 61.7 Å². The molecule has 1 unspecified atom stereocenters. The second-order valence-electron chi connectivity index (χ2n) is 5.08. The number of nitrogens with two attached hydrogens (primary N) is 1. The summed E-state index contributed by atoms with van der Waals surface area (Å²) in [4.78, 5) is 0. The van der Waals surface area contributed by atoms with E-state index in [-0.39, 0.29) is 6.04 Å². The smallest absolute Gasteiger partial charge is 0.198 e. The van der Waals surface area contributed by atoms with Crippen molar-refractivity contribution in [3.05, 3.63) is 58.1 Å². The van der Waals surface area contributed by atoms with Gasteiger partial charge in [-0.25, -0.2) is 8.78 Å². The summed E-state index contributed by atoms with van der Waals surface area (Å²) in [5, 5.41) is 0.535. The minimum absolute atomic E-state index is 0.172. The van der Waals surface area contributed by atoms with Gasteiger partial charge in [0.25, 0.3) is 0 Å². The van der Waals surface area contributed by atoms with Crippen LogP contribution in [0.5, 0.6) is 11.5 Å². The molecular formula is C16H16ClF2NO. The maximum Gasteiger partial charge on any atom is 0.198 e. The van der Waals surface area contributed by atoms with E-state index in [1.165, 1.54) is 12.1 Å². The van der Waals surface area contributed by atoms with Gasteiger partial charge >= 0.3 is 0 Å². The Kier molecular flexibility index (Phi) is 4.80. The van der Waals surface area contributed by atoms with E-state index in [9.17, 15) is 8.78 Å². The van der Waals surface area contributed by atoms with Gasteiger partial charge in [0, 0.05) is 11.1 Å². The van der Waals surface area contributed by atoms with Crippen molar-refractivity contribution in [2.45, 2.75) is 26.3 Å². The minimum Gasteiger partial charge on any atom is -0.451 e. The molecule has 0 heterocycles. The van der Waals surface area contributed by atoms with E-state index in [4.69, 9.17) is 22.1 Å². The Morgan fingerprint density at radius 2 is 1.81 bits per heavy atom. The summed E-state index contributed by atoms with van der Waals surface area (Å²) >= 11 is 5.84. The van der Waals surface area contributed by atoms with Crippen LogP contribution in [-0.4, -0.2) is 6.04 Å². The molecule has 2 aromatic rings. The van der Waals surface area contributed by atoms with Crippen molar-refractivity contribution in [3.63, 3.8) is 0 Å². The van der Waals surface area contributed by atoms with Gasteiger partial charge in [-0.2, -0.15) is 0 Å². The van der Waals surface area contributed by atoms with Crippen molar-refractivity contribution < 1.29 is 13.5 Å². The van der Waals surface area contributed by atoms with Crippen molar-refractivity contribution in [1.29, 1.82) is 0 Å². The number of ether oxygens (including phenoxy) is 1. The highest BCUT2D eigenvalue weighted by Gasteiger charge is 2.15. The molecule has 2 N–H and O–H groups in total. The molecule has 1 atom stereocenters.